The first-order chi connectivity index (χ1) is 9.18. The van der Waals surface area contributed by atoms with Gasteiger partial charge in [-0.1, -0.05) is 0 Å². The van der Waals surface area contributed by atoms with E-state index in [2.05, 4.69) is 10.2 Å². The van der Waals surface area contributed by atoms with Gasteiger partial charge in [-0.25, -0.2) is 9.59 Å². The minimum absolute atomic E-state index is 0.322. The van der Waals surface area contributed by atoms with Crippen molar-refractivity contribution in [2.75, 3.05) is 31.6 Å². The molecule has 6 nitrogen and oxygen atoms in total. The van der Waals surface area contributed by atoms with Crippen molar-refractivity contribution in [3.63, 3.8) is 0 Å². The molecule has 1 aliphatic rings. The predicted molar refractivity (Wildman–Crippen MR) is 79.2 cm³/mol. The van der Waals surface area contributed by atoms with Crippen LogP contribution in [0.5, 0.6) is 0 Å². The molecule has 1 saturated heterocycles. The molecule has 1 heterocycles. The Morgan fingerprint density at radius 3 is 2.60 bits per heavy atom. The second-order valence-electron chi connectivity index (χ2n) is 6.03. The standard InChI is InChI=1S/C13H24N2O4S/c1-12(2,3)19-11(18)14-13(10(16)17)5-6-15(9-13)7-8-20-4/h5-9H2,1-4H3,(H,14,18)(H,16,17). The van der Waals surface area contributed by atoms with E-state index in [0.717, 1.165) is 12.3 Å². The molecule has 1 atom stereocenters. The lowest BCUT2D eigenvalue weighted by Gasteiger charge is -2.28. The van der Waals surface area contributed by atoms with Gasteiger partial charge in [0.15, 0.2) is 5.54 Å². The van der Waals surface area contributed by atoms with Gasteiger partial charge < -0.3 is 15.2 Å². The molecule has 1 aliphatic heterocycles. The van der Waals surface area contributed by atoms with E-state index >= 15 is 0 Å². The van der Waals surface area contributed by atoms with Crippen molar-refractivity contribution < 1.29 is 19.4 Å². The molecule has 1 amide bonds. The van der Waals surface area contributed by atoms with Crippen LogP contribution in [0.2, 0.25) is 0 Å². The minimum Gasteiger partial charge on any atom is -0.479 e. The summed E-state index contributed by atoms with van der Waals surface area (Å²) >= 11 is 1.72. The van der Waals surface area contributed by atoms with E-state index in [1.54, 1.807) is 32.5 Å². The number of carbonyl (C=O) groups excluding carboxylic acids is 1. The van der Waals surface area contributed by atoms with Crippen molar-refractivity contribution in [2.24, 2.45) is 0 Å². The molecule has 0 spiro atoms. The Morgan fingerprint density at radius 1 is 1.45 bits per heavy atom. The summed E-state index contributed by atoms with van der Waals surface area (Å²) in [4.78, 5) is 25.4. The number of amides is 1. The van der Waals surface area contributed by atoms with Gasteiger partial charge in [0.1, 0.15) is 5.60 Å². The van der Waals surface area contributed by atoms with Gasteiger partial charge in [-0.3, -0.25) is 4.90 Å². The third-order valence-corrected chi connectivity index (χ3v) is 3.70. The molecule has 0 aromatic rings. The summed E-state index contributed by atoms with van der Waals surface area (Å²) in [5.41, 5.74) is -1.87. The molecular formula is C13H24N2O4S. The zero-order valence-electron chi connectivity index (χ0n) is 12.6. The van der Waals surface area contributed by atoms with Gasteiger partial charge in [0.05, 0.1) is 0 Å². The van der Waals surface area contributed by atoms with Crippen LogP contribution in [0.3, 0.4) is 0 Å². The summed E-state index contributed by atoms with van der Waals surface area (Å²) in [6, 6.07) is 0. The fourth-order valence-electron chi connectivity index (χ4n) is 2.13. The van der Waals surface area contributed by atoms with E-state index in [-0.39, 0.29) is 0 Å². The molecular weight excluding hydrogens is 280 g/mol. The van der Waals surface area contributed by atoms with Gasteiger partial charge in [0, 0.05) is 25.4 Å². The monoisotopic (exact) mass is 304 g/mol. The maximum absolute atomic E-state index is 11.8. The van der Waals surface area contributed by atoms with E-state index in [0.29, 0.717) is 19.5 Å². The minimum atomic E-state index is -1.24. The molecule has 0 bridgehead atoms. The van der Waals surface area contributed by atoms with Crippen LogP contribution in [-0.2, 0) is 9.53 Å². The number of carboxylic acid groups (broad SMARTS) is 1. The SMILES string of the molecule is CSCCN1CCC(NC(=O)OC(C)(C)C)(C(=O)O)C1. The highest BCUT2D eigenvalue weighted by Gasteiger charge is 2.46. The lowest BCUT2D eigenvalue weighted by molar-refractivity contribution is -0.144. The molecule has 7 heteroatoms. The van der Waals surface area contributed by atoms with Crippen molar-refractivity contribution in [1.29, 1.82) is 0 Å². The third kappa shape index (κ3) is 4.86. The van der Waals surface area contributed by atoms with Crippen LogP contribution in [0.4, 0.5) is 4.79 Å². The highest BCUT2D eigenvalue weighted by molar-refractivity contribution is 7.98. The predicted octanol–water partition coefficient (Wildman–Crippen LogP) is 1.40. The van der Waals surface area contributed by atoms with E-state index in [1.807, 2.05) is 6.26 Å². The number of thioether (sulfide) groups is 1. The Labute approximate surface area is 124 Å². The lowest BCUT2D eigenvalue weighted by atomic mass is 9.99. The van der Waals surface area contributed by atoms with Crippen LogP contribution in [0.15, 0.2) is 0 Å². The summed E-state index contributed by atoms with van der Waals surface area (Å²) in [6.45, 7) is 7.06. The second-order valence-corrected chi connectivity index (χ2v) is 7.02. The molecule has 0 radical (unpaired) electrons. The topological polar surface area (TPSA) is 78.9 Å². The zero-order valence-corrected chi connectivity index (χ0v) is 13.4. The number of aliphatic carboxylic acids is 1. The summed E-state index contributed by atoms with van der Waals surface area (Å²) < 4.78 is 5.16. The molecule has 0 aliphatic carbocycles. The molecule has 2 N–H and O–H groups in total. The lowest BCUT2D eigenvalue weighted by Crippen LogP contribution is -2.57. The van der Waals surface area contributed by atoms with Gasteiger partial charge in [0.25, 0.3) is 0 Å². The average Bonchev–Trinajstić information content (AvgIpc) is 2.68. The van der Waals surface area contributed by atoms with Crippen molar-refractivity contribution in [3.05, 3.63) is 0 Å². The van der Waals surface area contributed by atoms with Gasteiger partial charge in [-0.2, -0.15) is 11.8 Å². The molecule has 20 heavy (non-hydrogen) atoms. The van der Waals surface area contributed by atoms with Gasteiger partial charge >= 0.3 is 12.1 Å². The number of hydrogen-bond donors (Lipinski definition) is 2. The Bertz CT molecular complexity index is 370. The molecule has 0 saturated carbocycles. The number of nitrogens with zero attached hydrogens (tertiary/aromatic N) is 1. The van der Waals surface area contributed by atoms with E-state index in [9.17, 15) is 14.7 Å². The number of alkyl carbamates (subject to hydrolysis) is 1. The van der Waals surface area contributed by atoms with Gasteiger partial charge in [-0.15, -0.1) is 0 Å². The van der Waals surface area contributed by atoms with Gasteiger partial charge in [0.2, 0.25) is 0 Å². The fourth-order valence-corrected chi connectivity index (χ4v) is 2.57. The molecule has 0 aromatic carbocycles. The van der Waals surface area contributed by atoms with Crippen molar-refractivity contribution in [3.8, 4) is 0 Å². The van der Waals surface area contributed by atoms with Crippen LogP contribution in [0.25, 0.3) is 0 Å². The molecule has 1 rings (SSSR count). The Kier molecular flexibility index (Phi) is 5.70. The maximum Gasteiger partial charge on any atom is 0.408 e. The summed E-state index contributed by atoms with van der Waals surface area (Å²) in [5.74, 6) is -0.0581. The van der Waals surface area contributed by atoms with E-state index in [1.165, 1.54) is 0 Å². The number of hydrogen-bond acceptors (Lipinski definition) is 5. The number of ether oxygens (including phenoxy) is 1. The number of rotatable bonds is 5. The second kappa shape index (κ2) is 6.67. The quantitative estimate of drug-likeness (QED) is 0.799. The first-order valence-electron chi connectivity index (χ1n) is 6.64. The Balaban J connectivity index is 2.66. The number of nitrogens with one attached hydrogen (secondary N) is 1. The van der Waals surface area contributed by atoms with Crippen molar-refractivity contribution in [1.82, 2.24) is 10.2 Å². The van der Waals surface area contributed by atoms with Crippen molar-refractivity contribution >= 4 is 23.8 Å². The van der Waals surface area contributed by atoms with Gasteiger partial charge in [-0.05, 0) is 33.4 Å². The highest BCUT2D eigenvalue weighted by Crippen LogP contribution is 2.23. The van der Waals surface area contributed by atoms with E-state index < -0.39 is 23.2 Å². The van der Waals surface area contributed by atoms with Crippen molar-refractivity contribution in [2.45, 2.75) is 38.3 Å². The normalized spacial score (nSPS) is 23.6. The number of carbonyl (C=O) groups is 2. The third-order valence-electron chi connectivity index (χ3n) is 3.11. The fraction of sp³-hybridized carbons (Fsp3) is 0.846. The van der Waals surface area contributed by atoms with Crippen LogP contribution in [-0.4, -0.2) is 64.9 Å². The Morgan fingerprint density at radius 2 is 2.10 bits per heavy atom. The first kappa shape index (κ1) is 17.1. The summed E-state index contributed by atoms with van der Waals surface area (Å²) in [5, 5.41) is 12.0. The number of likely N-dealkylation sites (tertiary alicyclic amines) is 1. The molecule has 116 valence electrons. The van der Waals surface area contributed by atoms with Crippen LogP contribution >= 0.6 is 11.8 Å². The summed E-state index contributed by atoms with van der Waals surface area (Å²) in [6.07, 6.45) is 1.74. The van der Waals surface area contributed by atoms with Crippen LogP contribution in [0, 0.1) is 0 Å². The average molecular weight is 304 g/mol. The van der Waals surface area contributed by atoms with E-state index in [4.69, 9.17) is 4.74 Å². The molecule has 1 unspecified atom stereocenters. The first-order valence-corrected chi connectivity index (χ1v) is 8.04. The zero-order chi connectivity index (χ0) is 15.4. The molecule has 0 aromatic heterocycles. The maximum atomic E-state index is 11.8. The number of carboxylic acids is 1. The van der Waals surface area contributed by atoms with Crippen LogP contribution in [0.1, 0.15) is 27.2 Å². The largest absolute Gasteiger partial charge is 0.479 e. The summed E-state index contributed by atoms with van der Waals surface area (Å²) in [7, 11) is 0. The Hall–Kier alpha value is -0.950. The highest BCUT2D eigenvalue weighted by atomic mass is 32.2. The van der Waals surface area contributed by atoms with Crippen LogP contribution < -0.4 is 5.32 Å². The smallest absolute Gasteiger partial charge is 0.408 e. The molecule has 1 fully saturated rings.